The van der Waals surface area contributed by atoms with Crippen molar-refractivity contribution in [1.82, 2.24) is 0 Å². The summed E-state index contributed by atoms with van der Waals surface area (Å²) in [6.07, 6.45) is 7.02. The molecule has 16 heteroatoms. The molecule has 0 saturated heterocycles. The monoisotopic (exact) mass is 756 g/mol. The molecule has 0 aliphatic rings. The van der Waals surface area contributed by atoms with Crippen LogP contribution in [0.4, 0.5) is 0 Å². The van der Waals surface area contributed by atoms with Gasteiger partial charge in [-0.05, 0) is 81.9 Å². The quantitative estimate of drug-likeness (QED) is 0.0519. The minimum Gasteiger partial charge on any atom is -0.780 e. The van der Waals surface area contributed by atoms with Crippen LogP contribution in [0, 0.1) is 0 Å². The number of phenolic OH excluding ortho intramolecular Hbond substituents is 1. The van der Waals surface area contributed by atoms with Crippen LogP contribution in [-0.2, 0) is 31.0 Å². The zero-order valence-corrected chi connectivity index (χ0v) is 34.8. The third-order valence-corrected chi connectivity index (χ3v) is 7.70. The van der Waals surface area contributed by atoms with Crippen molar-refractivity contribution in [3.8, 4) is 34.5 Å². The Hall–Kier alpha value is -2.85. The second kappa shape index (κ2) is 23.0. The molecule has 0 atom stereocenters. The number of hydrogen-bond donors (Lipinski definition) is 5. The first-order valence-corrected chi connectivity index (χ1v) is 16.4. The zero-order chi connectivity index (χ0) is 36.8. The van der Waals surface area contributed by atoms with E-state index in [1.165, 1.54) is 40.6 Å². The molecule has 0 heterocycles. The van der Waals surface area contributed by atoms with Gasteiger partial charge in [0.25, 0.3) is 0 Å². The molecule has 0 radical (unpaired) electrons. The van der Waals surface area contributed by atoms with Crippen LogP contribution in [-0.4, -0.2) is 54.0 Å². The van der Waals surface area contributed by atoms with Gasteiger partial charge in [0.2, 0.25) is 0 Å². The maximum Gasteiger partial charge on any atom is 1.00 e. The molecule has 4 aromatic carbocycles. The zero-order valence-electron chi connectivity index (χ0n) is 29.9. The topological polar surface area (TPSA) is 210 Å². The maximum absolute atomic E-state index is 10.9. The van der Waals surface area contributed by atoms with Crippen molar-refractivity contribution in [3.05, 3.63) is 105 Å². The van der Waals surface area contributed by atoms with E-state index < -0.39 is 7.82 Å². The number of hydrogen-bond acceptors (Lipinski definition) is 13. The van der Waals surface area contributed by atoms with Gasteiger partial charge in [-0.3, -0.25) is 0 Å². The fraction of sp³-hybridized carbons (Fsp3) is 0.222. The molecule has 0 spiro atoms. The Kier molecular flexibility index (Phi) is 20.9. The molecule has 0 aliphatic carbocycles. The maximum atomic E-state index is 10.9. The number of benzene rings is 4. The summed E-state index contributed by atoms with van der Waals surface area (Å²) < 4.78 is 35.8. The van der Waals surface area contributed by atoms with Gasteiger partial charge in [0.05, 0.1) is 54.9 Å². The SMILES string of the molecule is COc1ccc(/C=C\c2cc(CO)c(CO)c(OC)c2)cc1O.COc1ccc(/C=C\c2cc(CO)c(CO)c(OC)c2)cc1OP(=O)([O-])[O-].[Na+].[Na+]. The van der Waals surface area contributed by atoms with E-state index in [4.69, 9.17) is 18.9 Å². The van der Waals surface area contributed by atoms with E-state index in [0.717, 1.165) is 11.1 Å². The Morgan fingerprint density at radius 3 is 1.29 bits per heavy atom. The van der Waals surface area contributed by atoms with Crippen LogP contribution in [0.1, 0.15) is 44.5 Å². The van der Waals surface area contributed by atoms with Crippen molar-refractivity contribution >= 4 is 32.1 Å². The Bertz CT molecular complexity index is 1810. The molecule has 0 aliphatic heterocycles. The van der Waals surface area contributed by atoms with Gasteiger partial charge in [-0.2, -0.15) is 0 Å². The van der Waals surface area contributed by atoms with E-state index in [2.05, 4.69) is 4.52 Å². The Morgan fingerprint density at radius 2 is 0.923 bits per heavy atom. The average molecular weight is 757 g/mol. The van der Waals surface area contributed by atoms with Crippen LogP contribution < -0.4 is 92.4 Å². The summed E-state index contributed by atoms with van der Waals surface area (Å²) >= 11 is 0. The molecule has 0 unspecified atom stereocenters. The summed E-state index contributed by atoms with van der Waals surface area (Å²) in [4.78, 5) is 21.8. The standard InChI is InChI=1S/C18H21O8P.C18H20O5.2Na/c1-24-16-6-5-12(8-18(16)26-27(21,22)23)3-4-13-7-14(10-19)15(11-20)17(9-13)25-2;1-22-17-6-5-12(8-16(17)21)3-4-13-7-14(10-19)15(11-20)18(9-13)23-2;;/h3-9,19-20H,10-11H2,1-2H3,(H2,21,22,23);3-9,19-21H,10-11H2,1-2H3;;/q;;2*+1/p-2/b2*4-3-;;. The molecule has 0 saturated carbocycles. The van der Waals surface area contributed by atoms with E-state index in [1.54, 1.807) is 54.6 Å². The number of phosphoric ester groups is 1. The van der Waals surface area contributed by atoms with Crippen molar-refractivity contribution in [3.63, 3.8) is 0 Å². The van der Waals surface area contributed by atoms with E-state index in [9.17, 15) is 39.9 Å². The number of aromatic hydroxyl groups is 1. The van der Waals surface area contributed by atoms with Crippen LogP contribution in [0.15, 0.2) is 60.7 Å². The predicted octanol–water partition coefficient (Wildman–Crippen LogP) is -2.36. The summed E-state index contributed by atoms with van der Waals surface area (Å²) in [7, 11) is 0.569. The summed E-state index contributed by atoms with van der Waals surface area (Å²) in [5.41, 5.74) is 5.07. The molecular weight excluding hydrogens is 717 g/mol. The number of aliphatic hydroxyl groups excluding tert-OH is 4. The van der Waals surface area contributed by atoms with Gasteiger partial charge in [0, 0.05) is 11.1 Å². The number of methoxy groups -OCH3 is 4. The molecule has 52 heavy (non-hydrogen) atoms. The molecule has 0 amide bonds. The smallest absolute Gasteiger partial charge is 0.780 e. The van der Waals surface area contributed by atoms with Crippen molar-refractivity contribution in [2.45, 2.75) is 26.4 Å². The fourth-order valence-electron chi connectivity index (χ4n) is 4.84. The van der Waals surface area contributed by atoms with Crippen molar-refractivity contribution in [2.75, 3.05) is 28.4 Å². The molecule has 5 N–H and O–H groups in total. The first-order valence-electron chi connectivity index (χ1n) is 14.9. The summed E-state index contributed by atoms with van der Waals surface area (Å²) in [6.45, 7) is -0.921. The molecule has 4 rings (SSSR count). The van der Waals surface area contributed by atoms with Gasteiger partial charge in [0.1, 0.15) is 19.3 Å². The largest absolute Gasteiger partial charge is 1.00 e. The van der Waals surface area contributed by atoms with Crippen LogP contribution in [0.3, 0.4) is 0 Å². The summed E-state index contributed by atoms with van der Waals surface area (Å²) in [6, 6.07) is 16.5. The predicted molar refractivity (Wildman–Crippen MR) is 183 cm³/mol. The third-order valence-electron chi connectivity index (χ3n) is 7.28. The number of aliphatic hydroxyl groups is 4. The molecule has 4 aromatic rings. The summed E-state index contributed by atoms with van der Waals surface area (Å²) in [5.74, 6) is 1.34. The fourth-order valence-corrected chi connectivity index (χ4v) is 5.22. The van der Waals surface area contributed by atoms with E-state index in [0.29, 0.717) is 50.6 Å². The normalized spacial score (nSPS) is 10.9. The van der Waals surface area contributed by atoms with E-state index >= 15 is 0 Å². The second-order valence-electron chi connectivity index (χ2n) is 10.4. The Labute approximate surface area is 346 Å². The second-order valence-corrected chi connectivity index (χ2v) is 11.5. The molecule has 0 bridgehead atoms. The molecule has 268 valence electrons. The van der Waals surface area contributed by atoms with Gasteiger partial charge in [-0.25, -0.2) is 0 Å². The number of phosphoric acid groups is 1. The Balaban J connectivity index is 0.000000506. The first-order chi connectivity index (χ1) is 23.9. The minimum atomic E-state index is -5.23. The molecule has 0 aromatic heterocycles. The molecule has 13 nitrogen and oxygen atoms in total. The number of rotatable bonds is 14. The van der Waals surface area contributed by atoms with Crippen LogP contribution in [0.5, 0.6) is 34.5 Å². The van der Waals surface area contributed by atoms with Gasteiger partial charge < -0.3 is 63.4 Å². The Morgan fingerprint density at radius 1 is 0.538 bits per heavy atom. The molecule has 0 fully saturated rings. The van der Waals surface area contributed by atoms with Crippen molar-refractivity contribution < 1.29 is 122 Å². The minimum absolute atomic E-state index is 0. The first kappa shape index (κ1) is 47.2. The average Bonchev–Trinajstić information content (AvgIpc) is 3.11. The van der Waals surface area contributed by atoms with Gasteiger partial charge in [-0.1, -0.05) is 36.4 Å². The molecular formula is C36H39Na2O13P. The summed E-state index contributed by atoms with van der Waals surface area (Å²) in [5, 5.41) is 47.5. The van der Waals surface area contributed by atoms with Crippen LogP contribution in [0.25, 0.3) is 24.3 Å². The van der Waals surface area contributed by atoms with Crippen molar-refractivity contribution in [1.29, 1.82) is 0 Å². The van der Waals surface area contributed by atoms with E-state index in [-0.39, 0.29) is 103 Å². The van der Waals surface area contributed by atoms with E-state index in [1.807, 2.05) is 18.2 Å². The van der Waals surface area contributed by atoms with Gasteiger partial charge in [-0.15, -0.1) is 0 Å². The third kappa shape index (κ3) is 13.5. The van der Waals surface area contributed by atoms with Crippen LogP contribution in [0.2, 0.25) is 0 Å². The number of ether oxygens (including phenoxy) is 4. The van der Waals surface area contributed by atoms with Gasteiger partial charge in [0.15, 0.2) is 23.0 Å². The van der Waals surface area contributed by atoms with Crippen LogP contribution >= 0.6 is 7.82 Å². The van der Waals surface area contributed by atoms with Crippen molar-refractivity contribution in [2.24, 2.45) is 0 Å². The van der Waals surface area contributed by atoms with Gasteiger partial charge >= 0.3 is 59.1 Å². The number of phenols is 1.